The van der Waals surface area contributed by atoms with Crippen LogP contribution in [-0.4, -0.2) is 23.2 Å². The molecule has 0 bridgehead atoms. The quantitative estimate of drug-likeness (QED) is 0.911. The first-order valence-electron chi connectivity index (χ1n) is 4.70. The Morgan fingerprint density at radius 2 is 2.00 bits per heavy atom. The Morgan fingerprint density at radius 3 is 2.56 bits per heavy atom. The molecule has 18 heavy (non-hydrogen) atoms. The Kier molecular flexibility index (Phi) is 3.33. The number of nitrogens with two attached hydrogens (primary N) is 1. The van der Waals surface area contributed by atoms with Gasteiger partial charge in [-0.05, 0) is 18.6 Å². The van der Waals surface area contributed by atoms with Gasteiger partial charge in [0, 0.05) is 0 Å². The Hall–Kier alpha value is -1.15. The third-order valence-corrected chi connectivity index (χ3v) is 3.69. The third kappa shape index (κ3) is 2.35. The van der Waals surface area contributed by atoms with E-state index in [0.717, 1.165) is 5.56 Å². The lowest BCUT2D eigenvalue weighted by Gasteiger charge is -2.08. The predicted molar refractivity (Wildman–Crippen MR) is 67.5 cm³/mol. The second kappa shape index (κ2) is 4.51. The lowest BCUT2D eigenvalue weighted by molar-refractivity contribution is 0.588. The first-order valence-corrected chi connectivity index (χ1v) is 7.00. The normalized spacial score (nSPS) is 11.8. The molecule has 1 aromatic heterocycles. The van der Waals surface area contributed by atoms with E-state index in [-0.39, 0.29) is 0 Å². The molecule has 0 aliphatic rings. The summed E-state index contributed by atoms with van der Waals surface area (Å²) < 4.78 is 23.4. The Labute approximate surface area is 113 Å². The van der Waals surface area contributed by atoms with Crippen LogP contribution in [0.15, 0.2) is 23.6 Å². The molecule has 0 aliphatic heterocycles. The van der Waals surface area contributed by atoms with Crippen molar-refractivity contribution in [3.05, 3.63) is 34.1 Å². The highest BCUT2D eigenvalue weighted by Gasteiger charge is 2.17. The molecule has 96 valence electrons. The lowest BCUT2D eigenvalue weighted by atomic mass is 10.2. The highest BCUT2D eigenvalue weighted by atomic mass is 35.5. The van der Waals surface area contributed by atoms with Gasteiger partial charge in [-0.15, -0.1) is 5.10 Å². The van der Waals surface area contributed by atoms with Crippen molar-refractivity contribution in [3.8, 4) is 5.69 Å². The SMILES string of the molecule is Cc1ccc(Cl)c(-n2cnc(S(N)(=O)=O)n2)c1Cl. The van der Waals surface area contributed by atoms with Gasteiger partial charge in [0.2, 0.25) is 0 Å². The van der Waals surface area contributed by atoms with Crippen LogP contribution in [0, 0.1) is 6.92 Å². The van der Waals surface area contributed by atoms with Crippen LogP contribution < -0.4 is 5.14 Å². The minimum atomic E-state index is -3.96. The molecule has 0 radical (unpaired) electrons. The summed E-state index contributed by atoms with van der Waals surface area (Å²) in [5.74, 6) is 0. The maximum Gasteiger partial charge on any atom is 0.282 e. The van der Waals surface area contributed by atoms with Gasteiger partial charge in [0.1, 0.15) is 12.0 Å². The number of aryl methyl sites for hydroxylation is 1. The van der Waals surface area contributed by atoms with Crippen molar-refractivity contribution in [2.24, 2.45) is 5.14 Å². The van der Waals surface area contributed by atoms with E-state index in [1.807, 2.05) is 0 Å². The van der Waals surface area contributed by atoms with Crippen LogP contribution in [-0.2, 0) is 10.0 Å². The fourth-order valence-electron chi connectivity index (χ4n) is 1.34. The van der Waals surface area contributed by atoms with Gasteiger partial charge in [-0.3, -0.25) is 0 Å². The number of nitrogens with zero attached hydrogens (tertiary/aromatic N) is 3. The van der Waals surface area contributed by atoms with Crippen LogP contribution in [0.2, 0.25) is 10.0 Å². The molecule has 0 atom stereocenters. The van der Waals surface area contributed by atoms with E-state index in [1.165, 1.54) is 11.0 Å². The summed E-state index contributed by atoms with van der Waals surface area (Å²) in [6.07, 6.45) is 1.19. The first kappa shape index (κ1) is 13.3. The highest BCUT2D eigenvalue weighted by molar-refractivity contribution is 7.89. The fourth-order valence-corrected chi connectivity index (χ4v) is 2.28. The number of hydrogen-bond acceptors (Lipinski definition) is 4. The summed E-state index contributed by atoms with van der Waals surface area (Å²) >= 11 is 12.1. The number of halogens is 2. The van der Waals surface area contributed by atoms with Gasteiger partial charge >= 0.3 is 0 Å². The molecular weight excluding hydrogens is 299 g/mol. The van der Waals surface area contributed by atoms with Gasteiger partial charge < -0.3 is 0 Å². The molecule has 1 aromatic carbocycles. The molecule has 0 aliphatic carbocycles. The second-order valence-electron chi connectivity index (χ2n) is 3.54. The third-order valence-electron chi connectivity index (χ3n) is 2.21. The van der Waals surface area contributed by atoms with Crippen LogP contribution >= 0.6 is 23.2 Å². The number of sulfonamides is 1. The van der Waals surface area contributed by atoms with E-state index >= 15 is 0 Å². The predicted octanol–water partition coefficient (Wildman–Crippen LogP) is 1.53. The van der Waals surface area contributed by atoms with E-state index in [1.54, 1.807) is 19.1 Å². The highest BCUT2D eigenvalue weighted by Crippen LogP contribution is 2.30. The zero-order valence-electron chi connectivity index (χ0n) is 9.13. The Balaban J connectivity index is 2.64. The van der Waals surface area contributed by atoms with Crippen LogP contribution in [0.3, 0.4) is 0 Å². The molecule has 2 N–H and O–H groups in total. The van der Waals surface area contributed by atoms with Crippen LogP contribution in [0.5, 0.6) is 0 Å². The van der Waals surface area contributed by atoms with Gasteiger partial charge in [0.15, 0.2) is 0 Å². The van der Waals surface area contributed by atoms with Crippen molar-refractivity contribution < 1.29 is 8.42 Å². The zero-order chi connectivity index (χ0) is 13.5. The number of aromatic nitrogens is 3. The molecule has 6 nitrogen and oxygen atoms in total. The van der Waals surface area contributed by atoms with Gasteiger partial charge in [-0.2, -0.15) is 0 Å². The minimum absolute atomic E-state index is 0.330. The molecule has 0 fully saturated rings. The largest absolute Gasteiger partial charge is 0.282 e. The van der Waals surface area contributed by atoms with E-state index < -0.39 is 15.2 Å². The summed E-state index contributed by atoms with van der Waals surface area (Å²) in [5.41, 5.74) is 1.14. The monoisotopic (exact) mass is 306 g/mol. The number of benzene rings is 1. The fraction of sp³-hybridized carbons (Fsp3) is 0.111. The molecule has 0 saturated heterocycles. The topological polar surface area (TPSA) is 90.9 Å². The lowest BCUT2D eigenvalue weighted by Crippen LogP contribution is -2.14. The summed E-state index contributed by atoms with van der Waals surface area (Å²) in [5, 5.41) is 8.87. The Bertz CT molecular complexity index is 711. The molecule has 2 rings (SSSR count). The smallest absolute Gasteiger partial charge is 0.222 e. The average Bonchev–Trinajstić information content (AvgIpc) is 2.73. The van der Waals surface area contributed by atoms with Crippen LogP contribution in [0.25, 0.3) is 5.69 Å². The van der Waals surface area contributed by atoms with E-state index in [9.17, 15) is 8.42 Å². The van der Waals surface area contributed by atoms with Crippen LogP contribution in [0.1, 0.15) is 5.56 Å². The minimum Gasteiger partial charge on any atom is -0.222 e. The van der Waals surface area contributed by atoms with Crippen molar-refractivity contribution in [2.45, 2.75) is 12.1 Å². The van der Waals surface area contributed by atoms with Gasteiger partial charge in [-0.25, -0.2) is 23.2 Å². The summed E-state index contributed by atoms with van der Waals surface area (Å²) in [6, 6.07) is 3.38. The second-order valence-corrected chi connectivity index (χ2v) is 5.78. The van der Waals surface area contributed by atoms with Gasteiger partial charge in [0.25, 0.3) is 15.2 Å². The van der Waals surface area contributed by atoms with E-state index in [2.05, 4.69) is 10.1 Å². The molecule has 0 amide bonds. The molecule has 0 saturated carbocycles. The van der Waals surface area contributed by atoms with Crippen molar-refractivity contribution in [2.75, 3.05) is 0 Å². The molecule has 9 heteroatoms. The van der Waals surface area contributed by atoms with Crippen molar-refractivity contribution >= 4 is 33.2 Å². The van der Waals surface area contributed by atoms with E-state index in [4.69, 9.17) is 28.3 Å². The molecule has 2 aromatic rings. The number of hydrogen-bond donors (Lipinski definition) is 1. The molecule has 0 unspecified atom stereocenters. The molecular formula is C9H8Cl2N4O2S. The maximum absolute atomic E-state index is 11.1. The zero-order valence-corrected chi connectivity index (χ0v) is 11.5. The Morgan fingerprint density at radius 1 is 1.33 bits per heavy atom. The summed E-state index contributed by atoms with van der Waals surface area (Å²) in [6.45, 7) is 1.79. The van der Waals surface area contributed by atoms with Crippen molar-refractivity contribution in [1.82, 2.24) is 14.8 Å². The van der Waals surface area contributed by atoms with E-state index in [0.29, 0.717) is 15.7 Å². The maximum atomic E-state index is 11.1. The average molecular weight is 307 g/mol. The van der Waals surface area contributed by atoms with Gasteiger partial charge in [-0.1, -0.05) is 29.3 Å². The molecule has 1 heterocycles. The number of rotatable bonds is 2. The summed E-state index contributed by atoms with van der Waals surface area (Å²) in [4.78, 5) is 3.60. The molecule has 0 spiro atoms. The standard InChI is InChI=1S/C9H8Cl2N4O2S/c1-5-2-3-6(10)8(7(5)11)15-4-13-9(14-15)18(12,16)17/h2-4H,1H3,(H2,12,16,17). The number of primary sulfonamides is 1. The van der Waals surface area contributed by atoms with Crippen molar-refractivity contribution in [1.29, 1.82) is 0 Å². The van der Waals surface area contributed by atoms with Crippen molar-refractivity contribution in [3.63, 3.8) is 0 Å². The van der Waals surface area contributed by atoms with Crippen LogP contribution in [0.4, 0.5) is 0 Å². The van der Waals surface area contributed by atoms with Gasteiger partial charge in [0.05, 0.1) is 10.0 Å². The summed E-state index contributed by atoms with van der Waals surface area (Å²) in [7, 11) is -3.96. The first-order chi connectivity index (χ1) is 8.30.